The van der Waals surface area contributed by atoms with Crippen molar-refractivity contribution in [2.75, 3.05) is 11.1 Å². The number of nitrogens with one attached hydrogen (secondary N) is 1. The first-order chi connectivity index (χ1) is 6.05. The monoisotopic (exact) mass is 179 g/mol. The van der Waals surface area contributed by atoms with Gasteiger partial charge in [0.2, 0.25) is 0 Å². The maximum atomic E-state index is 5.71. The zero-order valence-corrected chi connectivity index (χ0v) is 8.46. The van der Waals surface area contributed by atoms with Crippen LogP contribution in [0, 0.1) is 0 Å². The molecule has 0 aliphatic carbocycles. The molecule has 0 aliphatic heterocycles. The second-order valence-corrected chi connectivity index (χ2v) is 3.80. The van der Waals surface area contributed by atoms with Gasteiger partial charge in [-0.3, -0.25) is 0 Å². The molecule has 1 rings (SSSR count). The number of nitrogens with two attached hydrogens (primary N) is 1. The van der Waals surface area contributed by atoms with Crippen molar-refractivity contribution in [2.24, 2.45) is 0 Å². The molecule has 0 saturated heterocycles. The maximum absolute atomic E-state index is 5.71. The molecular weight excluding hydrogens is 162 g/mol. The van der Waals surface area contributed by atoms with Gasteiger partial charge in [-0.05, 0) is 32.4 Å². The van der Waals surface area contributed by atoms with Gasteiger partial charge in [0, 0.05) is 11.7 Å². The summed E-state index contributed by atoms with van der Waals surface area (Å²) in [6.07, 6.45) is 2.74. The van der Waals surface area contributed by atoms with Gasteiger partial charge in [-0.15, -0.1) is 0 Å². The predicted octanol–water partition coefficient (Wildman–Crippen LogP) is 2.26. The highest BCUT2D eigenvalue weighted by Gasteiger charge is 2.15. The first-order valence-electron chi connectivity index (χ1n) is 4.54. The van der Waals surface area contributed by atoms with Crippen molar-refractivity contribution in [3.8, 4) is 0 Å². The van der Waals surface area contributed by atoms with E-state index in [-0.39, 0.29) is 5.54 Å². The average Bonchev–Trinajstić information content (AvgIpc) is 2.09. The first-order valence-corrected chi connectivity index (χ1v) is 4.54. The lowest BCUT2D eigenvalue weighted by molar-refractivity contribution is 0.547. The Kier molecular flexibility index (Phi) is 2.76. The van der Waals surface area contributed by atoms with Gasteiger partial charge < -0.3 is 11.1 Å². The van der Waals surface area contributed by atoms with Crippen LogP contribution in [0.2, 0.25) is 0 Å². The highest BCUT2D eigenvalue weighted by molar-refractivity contribution is 5.61. The molecule has 3 N–H and O–H groups in total. The van der Waals surface area contributed by atoms with E-state index in [4.69, 9.17) is 5.73 Å². The van der Waals surface area contributed by atoms with E-state index in [0.29, 0.717) is 5.82 Å². The van der Waals surface area contributed by atoms with Crippen LogP contribution in [0.15, 0.2) is 18.3 Å². The van der Waals surface area contributed by atoms with Crippen LogP contribution in [0.1, 0.15) is 27.2 Å². The number of nitrogens with zero attached hydrogens (tertiary/aromatic N) is 1. The zero-order chi connectivity index (χ0) is 9.90. The number of anilines is 2. The Bertz CT molecular complexity index is 281. The normalized spacial score (nSPS) is 11.3. The minimum Gasteiger partial charge on any atom is -0.382 e. The number of aromatic nitrogens is 1. The van der Waals surface area contributed by atoms with Gasteiger partial charge in [-0.2, -0.15) is 0 Å². The Morgan fingerprint density at radius 1 is 1.54 bits per heavy atom. The summed E-state index contributed by atoms with van der Waals surface area (Å²) in [7, 11) is 0. The Balaban J connectivity index is 2.80. The molecule has 0 radical (unpaired) electrons. The SMILES string of the molecule is CCC(C)(C)Nc1cccnc1N. The third kappa shape index (κ3) is 2.61. The van der Waals surface area contributed by atoms with Gasteiger partial charge in [0.15, 0.2) is 0 Å². The van der Waals surface area contributed by atoms with Crippen LogP contribution in [0.5, 0.6) is 0 Å². The minimum absolute atomic E-state index is 0.0666. The van der Waals surface area contributed by atoms with E-state index in [9.17, 15) is 0 Å². The fraction of sp³-hybridized carbons (Fsp3) is 0.500. The Morgan fingerprint density at radius 2 is 2.23 bits per heavy atom. The minimum atomic E-state index is 0.0666. The van der Waals surface area contributed by atoms with E-state index in [1.165, 1.54) is 0 Å². The molecule has 72 valence electrons. The van der Waals surface area contributed by atoms with Crippen molar-refractivity contribution in [3.05, 3.63) is 18.3 Å². The fourth-order valence-corrected chi connectivity index (χ4v) is 0.976. The highest BCUT2D eigenvalue weighted by atomic mass is 15.0. The van der Waals surface area contributed by atoms with Gasteiger partial charge >= 0.3 is 0 Å². The van der Waals surface area contributed by atoms with Crippen LogP contribution < -0.4 is 11.1 Å². The molecular formula is C10H17N3. The van der Waals surface area contributed by atoms with Crippen molar-refractivity contribution in [1.82, 2.24) is 4.98 Å². The molecule has 0 spiro atoms. The van der Waals surface area contributed by atoms with Crippen molar-refractivity contribution < 1.29 is 0 Å². The van der Waals surface area contributed by atoms with Gasteiger partial charge in [0.05, 0.1) is 5.69 Å². The molecule has 3 heteroatoms. The topological polar surface area (TPSA) is 50.9 Å². The summed E-state index contributed by atoms with van der Waals surface area (Å²) >= 11 is 0. The maximum Gasteiger partial charge on any atom is 0.146 e. The summed E-state index contributed by atoms with van der Waals surface area (Å²) in [6.45, 7) is 6.42. The third-order valence-electron chi connectivity index (χ3n) is 2.20. The summed E-state index contributed by atoms with van der Waals surface area (Å²) in [5.41, 5.74) is 6.69. The molecule has 0 amide bonds. The van der Waals surface area contributed by atoms with Crippen molar-refractivity contribution in [2.45, 2.75) is 32.7 Å². The molecule has 0 atom stereocenters. The van der Waals surface area contributed by atoms with E-state index < -0.39 is 0 Å². The van der Waals surface area contributed by atoms with E-state index in [1.54, 1.807) is 6.20 Å². The van der Waals surface area contributed by atoms with Crippen LogP contribution in [0.4, 0.5) is 11.5 Å². The lowest BCUT2D eigenvalue weighted by Crippen LogP contribution is -2.30. The van der Waals surface area contributed by atoms with E-state index in [0.717, 1.165) is 12.1 Å². The summed E-state index contributed by atoms with van der Waals surface area (Å²) in [4.78, 5) is 4.01. The van der Waals surface area contributed by atoms with Gasteiger partial charge in [-0.25, -0.2) is 4.98 Å². The molecule has 0 unspecified atom stereocenters. The molecule has 0 bridgehead atoms. The molecule has 13 heavy (non-hydrogen) atoms. The first kappa shape index (κ1) is 9.84. The van der Waals surface area contributed by atoms with Crippen molar-refractivity contribution >= 4 is 11.5 Å². The van der Waals surface area contributed by atoms with E-state index in [2.05, 4.69) is 31.1 Å². The van der Waals surface area contributed by atoms with Crippen LogP contribution in [0.3, 0.4) is 0 Å². The summed E-state index contributed by atoms with van der Waals surface area (Å²) in [5.74, 6) is 0.559. The molecule has 0 aromatic carbocycles. The molecule has 1 aromatic rings. The molecule has 3 nitrogen and oxygen atoms in total. The largest absolute Gasteiger partial charge is 0.382 e. The quantitative estimate of drug-likeness (QED) is 0.748. The second-order valence-electron chi connectivity index (χ2n) is 3.80. The number of hydrogen-bond acceptors (Lipinski definition) is 3. The van der Waals surface area contributed by atoms with Crippen LogP contribution in [-0.4, -0.2) is 10.5 Å². The van der Waals surface area contributed by atoms with E-state index >= 15 is 0 Å². The lowest BCUT2D eigenvalue weighted by Gasteiger charge is -2.26. The number of rotatable bonds is 3. The summed E-state index contributed by atoms with van der Waals surface area (Å²) in [6, 6.07) is 3.82. The second kappa shape index (κ2) is 3.64. The fourth-order valence-electron chi connectivity index (χ4n) is 0.976. The van der Waals surface area contributed by atoms with Crippen molar-refractivity contribution in [3.63, 3.8) is 0 Å². The standard InChI is InChI=1S/C10H17N3/c1-4-10(2,3)13-8-6-5-7-12-9(8)11/h5-7,13H,4H2,1-3H3,(H2,11,12). The Morgan fingerprint density at radius 3 is 2.77 bits per heavy atom. The zero-order valence-electron chi connectivity index (χ0n) is 8.46. The molecule has 0 aliphatic rings. The van der Waals surface area contributed by atoms with Crippen LogP contribution in [0.25, 0.3) is 0 Å². The van der Waals surface area contributed by atoms with Gasteiger partial charge in [0.25, 0.3) is 0 Å². The molecule has 1 aromatic heterocycles. The Hall–Kier alpha value is -1.25. The van der Waals surface area contributed by atoms with E-state index in [1.807, 2.05) is 12.1 Å². The smallest absolute Gasteiger partial charge is 0.146 e. The molecule has 1 heterocycles. The number of hydrogen-bond donors (Lipinski definition) is 2. The van der Waals surface area contributed by atoms with Gasteiger partial charge in [0.1, 0.15) is 5.82 Å². The summed E-state index contributed by atoms with van der Waals surface area (Å²) < 4.78 is 0. The van der Waals surface area contributed by atoms with Crippen LogP contribution in [-0.2, 0) is 0 Å². The lowest BCUT2D eigenvalue weighted by atomic mass is 10.0. The predicted molar refractivity (Wildman–Crippen MR) is 56.6 cm³/mol. The number of nitrogen functional groups attached to an aromatic ring is 1. The molecule has 0 fully saturated rings. The average molecular weight is 179 g/mol. The third-order valence-corrected chi connectivity index (χ3v) is 2.20. The highest BCUT2D eigenvalue weighted by Crippen LogP contribution is 2.21. The van der Waals surface area contributed by atoms with Gasteiger partial charge in [-0.1, -0.05) is 6.92 Å². The Labute approximate surface area is 79.4 Å². The number of pyridine rings is 1. The molecule has 0 saturated carbocycles. The van der Waals surface area contributed by atoms with Crippen LogP contribution >= 0.6 is 0 Å². The summed E-state index contributed by atoms with van der Waals surface area (Å²) in [5, 5.41) is 3.35. The van der Waals surface area contributed by atoms with Crippen molar-refractivity contribution in [1.29, 1.82) is 0 Å².